The van der Waals surface area contributed by atoms with Gasteiger partial charge in [0.2, 0.25) is 9.84 Å². The highest BCUT2D eigenvalue weighted by molar-refractivity contribution is 7.91. The van der Waals surface area contributed by atoms with Gasteiger partial charge in [-0.25, -0.2) is 18.9 Å². The van der Waals surface area contributed by atoms with E-state index < -0.39 is 21.8 Å². The summed E-state index contributed by atoms with van der Waals surface area (Å²) in [5, 5.41) is 11.8. The van der Waals surface area contributed by atoms with Crippen LogP contribution < -0.4 is 15.5 Å². The van der Waals surface area contributed by atoms with E-state index in [1.54, 1.807) is 29.7 Å². The Kier molecular flexibility index (Phi) is 8.83. The first-order valence-electron chi connectivity index (χ1n) is 8.31. The van der Waals surface area contributed by atoms with Crippen LogP contribution in [-0.4, -0.2) is 37.7 Å². The van der Waals surface area contributed by atoms with Crippen LogP contribution in [0.1, 0.15) is 19.4 Å². The highest BCUT2D eigenvalue weighted by Crippen LogP contribution is 2.24. The Morgan fingerprint density at radius 1 is 1.21 bits per heavy atom. The van der Waals surface area contributed by atoms with E-state index in [1.165, 1.54) is 25.4 Å². The monoisotopic (exact) mass is 429 g/mol. The van der Waals surface area contributed by atoms with E-state index in [4.69, 9.17) is 9.94 Å². The molecule has 0 aliphatic rings. The number of hydrogen-bond acceptors (Lipinski definition) is 7. The first kappa shape index (κ1) is 23.8. The molecule has 8 nitrogen and oxygen atoms in total. The summed E-state index contributed by atoms with van der Waals surface area (Å²) in [5.74, 6) is -0.157. The summed E-state index contributed by atoms with van der Waals surface area (Å²) >= 11 is 0. The topological polar surface area (TPSA) is 118 Å². The molecule has 1 heterocycles. The lowest BCUT2D eigenvalue weighted by atomic mass is 10.0. The van der Waals surface area contributed by atoms with Crippen molar-refractivity contribution in [2.45, 2.75) is 36.4 Å². The Balaban J connectivity index is 0.00000392. The number of benzene rings is 1. The van der Waals surface area contributed by atoms with Crippen LogP contribution >= 0.6 is 12.4 Å². The van der Waals surface area contributed by atoms with E-state index in [1.807, 2.05) is 13.8 Å². The number of hydrogen-bond donors (Lipinski definition) is 3. The lowest BCUT2D eigenvalue weighted by Crippen LogP contribution is -2.46. The van der Waals surface area contributed by atoms with Crippen LogP contribution in [-0.2, 0) is 21.2 Å². The Bertz CT molecular complexity index is 888. The summed E-state index contributed by atoms with van der Waals surface area (Å²) in [6.07, 6.45) is 1.40. The van der Waals surface area contributed by atoms with Crippen molar-refractivity contribution in [3.63, 3.8) is 0 Å². The molecule has 1 aromatic carbocycles. The number of nitrogens with zero attached hydrogens (tertiary/aromatic N) is 1. The molecule has 0 saturated heterocycles. The molecule has 1 atom stereocenters. The lowest BCUT2D eigenvalue weighted by Gasteiger charge is -2.20. The first-order valence-corrected chi connectivity index (χ1v) is 9.80. The molecular weight excluding hydrogens is 406 g/mol. The van der Waals surface area contributed by atoms with Gasteiger partial charge in [-0.3, -0.25) is 10.0 Å². The van der Waals surface area contributed by atoms with Gasteiger partial charge in [-0.1, -0.05) is 19.9 Å². The summed E-state index contributed by atoms with van der Waals surface area (Å²) in [6.45, 7) is 3.71. The number of rotatable bonds is 8. The number of carbonyl (C=O) groups excluding carboxylic acids is 1. The zero-order valence-corrected chi connectivity index (χ0v) is 17.4. The number of halogens is 1. The van der Waals surface area contributed by atoms with E-state index in [2.05, 4.69) is 10.3 Å². The van der Waals surface area contributed by atoms with Crippen molar-refractivity contribution in [1.29, 1.82) is 0 Å². The van der Waals surface area contributed by atoms with Crippen LogP contribution in [0.15, 0.2) is 52.5 Å². The van der Waals surface area contributed by atoms with E-state index in [0.717, 1.165) is 0 Å². The van der Waals surface area contributed by atoms with Crippen LogP contribution in [0.25, 0.3) is 0 Å². The minimum atomic E-state index is -3.85. The van der Waals surface area contributed by atoms with Gasteiger partial charge in [0, 0.05) is 18.3 Å². The maximum Gasteiger partial charge on any atom is 0.260 e. The van der Waals surface area contributed by atoms with Crippen molar-refractivity contribution >= 4 is 28.2 Å². The number of amides is 1. The zero-order valence-electron chi connectivity index (χ0n) is 15.7. The zero-order chi connectivity index (χ0) is 20.0. The molecule has 0 aliphatic carbocycles. The van der Waals surface area contributed by atoms with Crippen LogP contribution in [0.2, 0.25) is 0 Å². The number of aromatic nitrogens is 1. The average Bonchev–Trinajstić information content (AvgIpc) is 2.67. The van der Waals surface area contributed by atoms with E-state index in [9.17, 15) is 13.2 Å². The molecule has 0 unspecified atom stereocenters. The second kappa shape index (κ2) is 10.4. The van der Waals surface area contributed by atoms with Crippen LogP contribution in [0.3, 0.4) is 0 Å². The average molecular weight is 430 g/mol. The summed E-state index contributed by atoms with van der Waals surface area (Å²) in [6, 6.07) is 8.60. The summed E-state index contributed by atoms with van der Waals surface area (Å²) < 4.78 is 31.0. The first-order chi connectivity index (χ1) is 12.8. The minimum absolute atomic E-state index is 0. The standard InChI is InChI=1S/C18H23N3O5S.ClH/c1-12(2)16(17(22)21-23)20-11-13-5-4-10-19-18(13)27(24,25)15-8-6-14(26-3)7-9-15;/h4-10,12,16,20,23H,11H2,1-3H3,(H,21,22);1H/t16-;/m1./s1. The second-order valence-corrected chi connectivity index (χ2v) is 8.09. The quantitative estimate of drug-likeness (QED) is 0.433. The number of ether oxygens (including phenoxy) is 1. The fraction of sp³-hybridized carbons (Fsp3) is 0.333. The third kappa shape index (κ3) is 5.41. The van der Waals surface area contributed by atoms with Crippen molar-refractivity contribution in [3.05, 3.63) is 48.2 Å². The molecule has 154 valence electrons. The molecule has 0 aliphatic heterocycles. The molecule has 10 heteroatoms. The predicted molar refractivity (Wildman–Crippen MR) is 105 cm³/mol. The van der Waals surface area contributed by atoms with E-state index in [0.29, 0.717) is 11.3 Å². The van der Waals surface area contributed by atoms with Crippen LogP contribution in [0.4, 0.5) is 0 Å². The molecule has 0 bridgehead atoms. The van der Waals surface area contributed by atoms with Gasteiger partial charge in [-0.05, 0) is 36.2 Å². The molecule has 2 rings (SSSR count). The highest BCUT2D eigenvalue weighted by Gasteiger charge is 2.25. The smallest absolute Gasteiger partial charge is 0.260 e. The minimum Gasteiger partial charge on any atom is -0.497 e. The van der Waals surface area contributed by atoms with Gasteiger partial charge in [0.05, 0.1) is 18.0 Å². The number of pyridine rings is 1. The third-order valence-electron chi connectivity index (χ3n) is 4.05. The largest absolute Gasteiger partial charge is 0.497 e. The van der Waals surface area contributed by atoms with Crippen molar-refractivity contribution in [2.24, 2.45) is 5.92 Å². The van der Waals surface area contributed by atoms with Crippen molar-refractivity contribution in [1.82, 2.24) is 15.8 Å². The molecule has 0 fully saturated rings. The fourth-order valence-corrected chi connectivity index (χ4v) is 3.99. The van der Waals surface area contributed by atoms with E-state index >= 15 is 0 Å². The molecule has 1 aromatic heterocycles. The Labute approximate surface area is 170 Å². The number of methoxy groups -OCH3 is 1. The second-order valence-electron chi connectivity index (χ2n) is 6.23. The Hall–Kier alpha value is -2.20. The Morgan fingerprint density at radius 2 is 1.86 bits per heavy atom. The number of hydroxylamine groups is 1. The number of nitrogens with one attached hydrogen (secondary N) is 2. The normalized spacial score (nSPS) is 12.2. The van der Waals surface area contributed by atoms with Crippen LogP contribution in [0.5, 0.6) is 5.75 Å². The maximum atomic E-state index is 13.0. The van der Waals surface area contributed by atoms with Crippen molar-refractivity contribution in [3.8, 4) is 5.75 Å². The Morgan fingerprint density at radius 3 is 2.39 bits per heavy atom. The molecule has 2 aromatic rings. The molecule has 0 saturated carbocycles. The molecule has 3 N–H and O–H groups in total. The lowest BCUT2D eigenvalue weighted by molar-refractivity contribution is -0.132. The van der Waals surface area contributed by atoms with Crippen molar-refractivity contribution in [2.75, 3.05) is 7.11 Å². The fourth-order valence-electron chi connectivity index (χ4n) is 2.59. The van der Waals surface area contributed by atoms with Gasteiger partial charge >= 0.3 is 0 Å². The molecular formula is C18H24ClN3O5S. The SMILES string of the molecule is COc1ccc(S(=O)(=O)c2ncccc2CN[C@@H](C(=O)NO)C(C)C)cc1.Cl. The third-order valence-corrected chi connectivity index (χ3v) is 5.82. The van der Waals surface area contributed by atoms with Gasteiger partial charge in [0.1, 0.15) is 5.75 Å². The molecule has 0 spiro atoms. The number of carbonyl (C=O) groups is 1. The van der Waals surface area contributed by atoms with Gasteiger partial charge in [0.15, 0.2) is 5.03 Å². The van der Waals surface area contributed by atoms with Crippen LogP contribution in [0, 0.1) is 5.92 Å². The van der Waals surface area contributed by atoms with Gasteiger partial charge in [-0.2, -0.15) is 0 Å². The molecule has 28 heavy (non-hydrogen) atoms. The van der Waals surface area contributed by atoms with Gasteiger partial charge in [0.25, 0.3) is 5.91 Å². The summed E-state index contributed by atoms with van der Waals surface area (Å²) in [7, 11) is -2.35. The molecule has 0 radical (unpaired) electrons. The van der Waals surface area contributed by atoms with Crippen molar-refractivity contribution < 1.29 is 23.2 Å². The summed E-state index contributed by atoms with van der Waals surface area (Å²) in [4.78, 5) is 15.9. The number of sulfone groups is 1. The summed E-state index contributed by atoms with van der Waals surface area (Å²) in [5.41, 5.74) is 2.04. The predicted octanol–water partition coefficient (Wildman–Crippen LogP) is 1.96. The highest BCUT2D eigenvalue weighted by atomic mass is 35.5. The maximum absolute atomic E-state index is 13.0. The van der Waals surface area contributed by atoms with Gasteiger partial charge in [-0.15, -0.1) is 12.4 Å². The molecule has 1 amide bonds. The van der Waals surface area contributed by atoms with Gasteiger partial charge < -0.3 is 10.1 Å². The van der Waals surface area contributed by atoms with E-state index in [-0.39, 0.29) is 34.8 Å².